The zero-order valence-electron chi connectivity index (χ0n) is 15.9. The van der Waals surface area contributed by atoms with Gasteiger partial charge in [0.05, 0.1) is 12.1 Å². The van der Waals surface area contributed by atoms with Gasteiger partial charge in [0.15, 0.2) is 0 Å². The van der Waals surface area contributed by atoms with Gasteiger partial charge in [-0.15, -0.1) is 0 Å². The van der Waals surface area contributed by atoms with E-state index < -0.39 is 0 Å². The van der Waals surface area contributed by atoms with Crippen molar-refractivity contribution in [3.63, 3.8) is 0 Å². The van der Waals surface area contributed by atoms with Crippen molar-refractivity contribution in [3.05, 3.63) is 66.0 Å². The van der Waals surface area contributed by atoms with E-state index in [0.29, 0.717) is 31.0 Å². The van der Waals surface area contributed by atoms with E-state index in [1.807, 2.05) is 24.4 Å². The number of fused-ring (bicyclic) bond motifs is 1. The van der Waals surface area contributed by atoms with Crippen molar-refractivity contribution in [2.75, 3.05) is 30.7 Å². The maximum absolute atomic E-state index is 12.0. The molecular weight excluding hydrogens is 364 g/mol. The number of allylic oxidation sites excluding steroid dienone is 1. The molecule has 1 amide bonds. The summed E-state index contributed by atoms with van der Waals surface area (Å²) in [6, 6.07) is 11.4. The van der Waals surface area contributed by atoms with E-state index >= 15 is 0 Å². The SMILES string of the molecule is Nc1cc(NCCCNC(=O)c2ccncc2)c2ccc(C3=CC=NC3)cc2n1. The molecule has 0 fully saturated rings. The van der Waals surface area contributed by atoms with Gasteiger partial charge in [0.2, 0.25) is 0 Å². The smallest absolute Gasteiger partial charge is 0.251 e. The maximum Gasteiger partial charge on any atom is 0.251 e. The van der Waals surface area contributed by atoms with Crippen molar-refractivity contribution in [3.8, 4) is 0 Å². The van der Waals surface area contributed by atoms with Gasteiger partial charge in [-0.1, -0.05) is 12.1 Å². The van der Waals surface area contributed by atoms with Crippen LogP contribution in [-0.2, 0) is 0 Å². The summed E-state index contributed by atoms with van der Waals surface area (Å²) in [5.74, 6) is 0.378. The number of hydrogen-bond donors (Lipinski definition) is 3. The Labute approximate surface area is 168 Å². The van der Waals surface area contributed by atoms with E-state index in [1.54, 1.807) is 24.5 Å². The molecule has 7 heteroatoms. The van der Waals surface area contributed by atoms with Gasteiger partial charge < -0.3 is 16.4 Å². The lowest BCUT2D eigenvalue weighted by atomic mass is 10.0. The average molecular weight is 386 g/mol. The molecule has 0 saturated heterocycles. The van der Waals surface area contributed by atoms with Crippen molar-refractivity contribution in [1.82, 2.24) is 15.3 Å². The molecule has 0 saturated carbocycles. The first kappa shape index (κ1) is 18.6. The first-order valence-electron chi connectivity index (χ1n) is 9.52. The van der Waals surface area contributed by atoms with E-state index in [4.69, 9.17) is 5.73 Å². The Morgan fingerprint density at radius 2 is 1.97 bits per heavy atom. The largest absolute Gasteiger partial charge is 0.384 e. The third kappa shape index (κ3) is 4.40. The molecule has 1 aliphatic heterocycles. The number of hydrogen-bond acceptors (Lipinski definition) is 6. The average Bonchev–Trinajstić information content (AvgIpc) is 3.28. The molecule has 0 bridgehead atoms. The second-order valence-corrected chi connectivity index (χ2v) is 6.78. The number of anilines is 2. The van der Waals surface area contributed by atoms with Crippen LogP contribution in [0.3, 0.4) is 0 Å². The number of benzene rings is 1. The zero-order valence-corrected chi connectivity index (χ0v) is 15.9. The van der Waals surface area contributed by atoms with Gasteiger partial charge in [0.25, 0.3) is 5.91 Å². The molecule has 2 aromatic heterocycles. The lowest BCUT2D eigenvalue weighted by Crippen LogP contribution is -2.25. The van der Waals surface area contributed by atoms with Crippen LogP contribution in [0, 0.1) is 0 Å². The fraction of sp³-hybridized carbons (Fsp3) is 0.182. The van der Waals surface area contributed by atoms with Crippen LogP contribution < -0.4 is 16.4 Å². The molecular formula is C22H22N6O. The summed E-state index contributed by atoms with van der Waals surface area (Å²) in [5, 5.41) is 7.34. The van der Waals surface area contributed by atoms with Gasteiger partial charge >= 0.3 is 0 Å². The number of carbonyl (C=O) groups is 1. The van der Waals surface area contributed by atoms with Crippen LogP contribution in [0.25, 0.3) is 16.5 Å². The van der Waals surface area contributed by atoms with Gasteiger partial charge in [-0.25, -0.2) is 4.98 Å². The molecule has 3 heterocycles. The van der Waals surface area contributed by atoms with Gasteiger partial charge in [0.1, 0.15) is 5.82 Å². The minimum atomic E-state index is -0.0938. The van der Waals surface area contributed by atoms with Gasteiger partial charge in [-0.05, 0) is 41.8 Å². The number of carbonyl (C=O) groups excluding carboxylic acids is 1. The van der Waals surface area contributed by atoms with Crippen molar-refractivity contribution in [2.24, 2.45) is 4.99 Å². The number of aliphatic imine (C=N–C) groups is 1. The number of pyridine rings is 2. The summed E-state index contributed by atoms with van der Waals surface area (Å²) in [4.78, 5) is 24.7. The molecule has 0 radical (unpaired) electrons. The molecule has 4 rings (SSSR count). The van der Waals surface area contributed by atoms with Crippen LogP contribution in [0.4, 0.5) is 11.5 Å². The number of rotatable bonds is 7. The molecule has 4 N–H and O–H groups in total. The molecule has 7 nitrogen and oxygen atoms in total. The Bertz CT molecular complexity index is 1090. The Kier molecular flexibility index (Phi) is 5.47. The Balaban J connectivity index is 1.37. The van der Waals surface area contributed by atoms with Crippen LogP contribution in [0.2, 0.25) is 0 Å². The van der Waals surface area contributed by atoms with Gasteiger partial charge in [-0.2, -0.15) is 0 Å². The quantitative estimate of drug-likeness (QED) is 0.542. The predicted molar refractivity (Wildman–Crippen MR) is 117 cm³/mol. The number of nitrogen functional groups attached to an aromatic ring is 1. The summed E-state index contributed by atoms with van der Waals surface area (Å²) in [6.45, 7) is 1.98. The topological polar surface area (TPSA) is 105 Å². The number of nitrogens with one attached hydrogen (secondary N) is 2. The fourth-order valence-electron chi connectivity index (χ4n) is 3.25. The number of amides is 1. The Morgan fingerprint density at radius 3 is 2.76 bits per heavy atom. The summed E-state index contributed by atoms with van der Waals surface area (Å²) in [7, 11) is 0. The lowest BCUT2D eigenvalue weighted by molar-refractivity contribution is 0.0953. The van der Waals surface area contributed by atoms with Crippen molar-refractivity contribution in [2.45, 2.75) is 6.42 Å². The molecule has 3 aromatic rings. The first-order chi connectivity index (χ1) is 14.2. The number of nitrogens with two attached hydrogens (primary N) is 1. The summed E-state index contributed by atoms with van der Waals surface area (Å²) in [6.07, 6.45) is 7.84. The number of aromatic nitrogens is 2. The highest BCUT2D eigenvalue weighted by molar-refractivity contribution is 5.97. The molecule has 146 valence electrons. The molecule has 1 aliphatic rings. The highest BCUT2D eigenvalue weighted by atomic mass is 16.1. The zero-order chi connectivity index (χ0) is 20.1. The van der Waals surface area contributed by atoms with Crippen molar-refractivity contribution in [1.29, 1.82) is 0 Å². The fourth-order valence-corrected chi connectivity index (χ4v) is 3.25. The normalized spacial score (nSPS) is 12.8. The van der Waals surface area contributed by atoms with Crippen LogP contribution in [0.15, 0.2) is 59.9 Å². The Morgan fingerprint density at radius 1 is 1.10 bits per heavy atom. The third-order valence-corrected chi connectivity index (χ3v) is 4.74. The highest BCUT2D eigenvalue weighted by Gasteiger charge is 2.09. The van der Waals surface area contributed by atoms with E-state index in [2.05, 4.69) is 37.7 Å². The third-order valence-electron chi connectivity index (χ3n) is 4.74. The standard InChI is InChI=1S/C22H22N6O/c23-21-13-19(26-7-1-8-27-22(29)15-4-9-24-10-5-15)18-3-2-16(12-20(18)28-21)17-6-11-25-14-17/h2-6,9-13H,1,7-8,14H2,(H,27,29)(H3,23,26,28). The van der Waals surface area contributed by atoms with Gasteiger partial charge in [-0.3, -0.25) is 14.8 Å². The van der Waals surface area contributed by atoms with E-state index in [1.165, 1.54) is 5.57 Å². The van der Waals surface area contributed by atoms with Crippen LogP contribution in [-0.4, -0.2) is 41.7 Å². The monoisotopic (exact) mass is 386 g/mol. The summed E-state index contributed by atoms with van der Waals surface area (Å²) in [5.41, 5.74) is 10.7. The van der Waals surface area contributed by atoms with E-state index in [9.17, 15) is 4.79 Å². The van der Waals surface area contributed by atoms with Crippen LogP contribution in [0.1, 0.15) is 22.3 Å². The number of nitrogens with zero attached hydrogens (tertiary/aromatic N) is 3. The highest BCUT2D eigenvalue weighted by Crippen LogP contribution is 2.28. The second-order valence-electron chi connectivity index (χ2n) is 6.78. The minimum absolute atomic E-state index is 0.0938. The lowest BCUT2D eigenvalue weighted by Gasteiger charge is -2.12. The molecule has 0 unspecified atom stereocenters. The minimum Gasteiger partial charge on any atom is -0.384 e. The molecule has 0 aliphatic carbocycles. The Hall–Kier alpha value is -3.74. The molecule has 0 atom stereocenters. The van der Waals surface area contributed by atoms with Gasteiger partial charge in [0, 0.05) is 54.4 Å². The maximum atomic E-state index is 12.0. The molecule has 0 spiro atoms. The molecule has 29 heavy (non-hydrogen) atoms. The summed E-state index contributed by atoms with van der Waals surface area (Å²) < 4.78 is 0. The van der Waals surface area contributed by atoms with Crippen LogP contribution in [0.5, 0.6) is 0 Å². The summed E-state index contributed by atoms with van der Waals surface area (Å²) >= 11 is 0. The molecule has 1 aromatic carbocycles. The van der Waals surface area contributed by atoms with Crippen LogP contribution >= 0.6 is 0 Å². The van der Waals surface area contributed by atoms with Crippen molar-refractivity contribution >= 4 is 40.1 Å². The van der Waals surface area contributed by atoms with E-state index in [0.717, 1.165) is 28.6 Å². The first-order valence-corrected chi connectivity index (χ1v) is 9.52. The van der Waals surface area contributed by atoms with E-state index in [-0.39, 0.29) is 5.91 Å². The second kappa shape index (κ2) is 8.52. The van der Waals surface area contributed by atoms with Crippen molar-refractivity contribution < 1.29 is 4.79 Å². The predicted octanol–water partition coefficient (Wildman–Crippen LogP) is 2.91.